The van der Waals surface area contributed by atoms with E-state index in [0.29, 0.717) is 32.2 Å². The molecule has 1 saturated heterocycles. The molecule has 1 unspecified atom stereocenters. The molecule has 0 N–H and O–H groups in total. The number of anilines is 2. The number of nitrogens with zero attached hydrogens (tertiary/aromatic N) is 7. The number of amides is 1. The maximum Gasteiger partial charge on any atom is 0.318 e. The van der Waals surface area contributed by atoms with Crippen LogP contribution in [0, 0.1) is 24.2 Å². The third-order valence-corrected chi connectivity index (χ3v) is 9.16. The minimum absolute atomic E-state index is 0.0709. The van der Waals surface area contributed by atoms with Crippen molar-refractivity contribution in [1.82, 2.24) is 19.8 Å². The van der Waals surface area contributed by atoms with E-state index in [4.69, 9.17) is 14.7 Å². The van der Waals surface area contributed by atoms with Crippen LogP contribution in [-0.2, 0) is 17.8 Å². The maximum atomic E-state index is 12.6. The second-order valence-corrected chi connectivity index (χ2v) is 12.7. The van der Waals surface area contributed by atoms with Crippen molar-refractivity contribution >= 4 is 28.2 Å². The van der Waals surface area contributed by atoms with Crippen LogP contribution < -0.4 is 14.5 Å². The summed E-state index contributed by atoms with van der Waals surface area (Å²) >= 11 is 0. The summed E-state index contributed by atoms with van der Waals surface area (Å²) in [4.78, 5) is 31.4. The van der Waals surface area contributed by atoms with Crippen LogP contribution in [0.4, 0.5) is 11.5 Å². The molecule has 3 aromatic rings. The molecule has 1 saturated carbocycles. The maximum absolute atomic E-state index is 12.6. The predicted molar refractivity (Wildman–Crippen MR) is 174 cm³/mol. The van der Waals surface area contributed by atoms with E-state index < -0.39 is 0 Å². The van der Waals surface area contributed by atoms with E-state index >= 15 is 0 Å². The molecule has 0 spiro atoms. The Morgan fingerprint density at radius 2 is 1.98 bits per heavy atom. The van der Waals surface area contributed by atoms with Gasteiger partial charge in [-0.05, 0) is 69.2 Å². The van der Waals surface area contributed by atoms with E-state index in [9.17, 15) is 10.1 Å². The quantitative estimate of drug-likeness (QED) is 0.312. The number of likely N-dealkylation sites (N-methyl/N-ethyl adjacent to an activating group) is 1. The Morgan fingerprint density at radius 1 is 1.18 bits per heavy atom. The molecule has 2 aromatic carbocycles. The van der Waals surface area contributed by atoms with Gasteiger partial charge in [0.05, 0.1) is 30.8 Å². The van der Waals surface area contributed by atoms with Crippen molar-refractivity contribution in [1.29, 1.82) is 5.26 Å². The van der Waals surface area contributed by atoms with Gasteiger partial charge in [-0.25, -0.2) is 0 Å². The molecular weight excluding hydrogens is 550 g/mol. The van der Waals surface area contributed by atoms with Gasteiger partial charge >= 0.3 is 6.01 Å². The molecule has 230 valence electrons. The normalized spacial score (nSPS) is 19.1. The Balaban J connectivity index is 1.32. The number of piperazine rings is 1. The molecule has 2 atom stereocenters. The largest absolute Gasteiger partial charge is 0.459 e. The Labute approximate surface area is 260 Å². The lowest BCUT2D eigenvalue weighted by molar-refractivity contribution is -0.128. The molecule has 0 radical (unpaired) electrons. The first-order chi connectivity index (χ1) is 21.3. The number of hydrogen-bond acceptors (Lipinski definition) is 8. The number of aryl methyl sites for hydroxylation is 1. The average molecular weight is 594 g/mol. The Kier molecular flexibility index (Phi) is 8.72. The molecule has 6 rings (SSSR count). The first kappa shape index (κ1) is 29.9. The second-order valence-electron chi connectivity index (χ2n) is 12.7. The highest BCUT2D eigenvalue weighted by molar-refractivity contribution is 5.97. The van der Waals surface area contributed by atoms with E-state index in [-0.39, 0.29) is 24.5 Å². The molecule has 2 fully saturated rings. The smallest absolute Gasteiger partial charge is 0.318 e. The third-order valence-electron chi connectivity index (χ3n) is 9.16. The fourth-order valence-electron chi connectivity index (χ4n) is 6.88. The summed E-state index contributed by atoms with van der Waals surface area (Å²) in [5.74, 6) is 1.55. The van der Waals surface area contributed by atoms with Crippen LogP contribution >= 0.6 is 0 Å². The van der Waals surface area contributed by atoms with E-state index in [0.717, 1.165) is 49.0 Å². The molecule has 1 aliphatic carbocycles. The van der Waals surface area contributed by atoms with E-state index in [1.54, 1.807) is 4.90 Å². The van der Waals surface area contributed by atoms with Gasteiger partial charge in [-0.1, -0.05) is 36.9 Å². The van der Waals surface area contributed by atoms with Crippen molar-refractivity contribution in [2.45, 2.75) is 58.2 Å². The van der Waals surface area contributed by atoms with E-state index in [1.165, 1.54) is 40.9 Å². The molecule has 3 aliphatic rings. The summed E-state index contributed by atoms with van der Waals surface area (Å²) in [6, 6.07) is 15.4. The minimum Gasteiger partial charge on any atom is -0.459 e. The Bertz CT molecular complexity index is 1570. The number of hydrogen-bond donors (Lipinski definition) is 0. The van der Waals surface area contributed by atoms with Crippen molar-refractivity contribution in [2.75, 3.05) is 56.1 Å². The van der Waals surface area contributed by atoms with Gasteiger partial charge in [0, 0.05) is 55.9 Å². The van der Waals surface area contributed by atoms with Gasteiger partial charge in [-0.2, -0.15) is 15.2 Å². The lowest BCUT2D eigenvalue weighted by atomic mass is 9.99. The Hall–Kier alpha value is -4.16. The lowest BCUT2D eigenvalue weighted by Gasteiger charge is -2.42. The first-order valence-electron chi connectivity index (χ1n) is 15.9. The summed E-state index contributed by atoms with van der Waals surface area (Å²) in [5.41, 5.74) is 4.58. The standard InChI is InChI=1S/C35H43N7O2/c1-5-32(43)42-19-18-41(22-28(42)14-16-36)34-29-15-17-40(31-11-7-10-27-9-6-8-24(2)33(27)31)23-30(29)37-35(38-34)44-25(3)20-39(4)21-26-12-13-26/h5-11,25-26,28H,1,12-15,17-23H2,2-4H3/t25-,28?/m0/s1. The van der Waals surface area contributed by atoms with Gasteiger partial charge in [0.25, 0.3) is 0 Å². The molecule has 0 bridgehead atoms. The summed E-state index contributed by atoms with van der Waals surface area (Å²) < 4.78 is 6.43. The minimum atomic E-state index is -0.233. The molecule has 44 heavy (non-hydrogen) atoms. The van der Waals surface area contributed by atoms with Gasteiger partial charge in [-0.15, -0.1) is 0 Å². The first-order valence-corrected chi connectivity index (χ1v) is 15.9. The molecule has 2 aliphatic heterocycles. The summed E-state index contributed by atoms with van der Waals surface area (Å²) in [6.07, 6.45) is 4.96. The number of fused-ring (bicyclic) bond motifs is 2. The zero-order valence-electron chi connectivity index (χ0n) is 26.2. The average Bonchev–Trinajstić information content (AvgIpc) is 3.83. The van der Waals surface area contributed by atoms with Gasteiger partial charge in [-0.3, -0.25) is 4.79 Å². The van der Waals surface area contributed by atoms with Crippen LogP contribution in [0.3, 0.4) is 0 Å². The van der Waals surface area contributed by atoms with Gasteiger partial charge in [0.15, 0.2) is 0 Å². The van der Waals surface area contributed by atoms with Gasteiger partial charge in [0.1, 0.15) is 11.9 Å². The number of aromatic nitrogens is 2. The van der Waals surface area contributed by atoms with Crippen molar-refractivity contribution in [3.8, 4) is 12.1 Å². The van der Waals surface area contributed by atoms with Crippen molar-refractivity contribution < 1.29 is 9.53 Å². The van der Waals surface area contributed by atoms with E-state index in [1.807, 2.05) is 0 Å². The van der Waals surface area contributed by atoms with Crippen LogP contribution in [0.25, 0.3) is 10.8 Å². The highest BCUT2D eigenvalue weighted by Crippen LogP contribution is 2.36. The summed E-state index contributed by atoms with van der Waals surface area (Å²) in [7, 11) is 2.15. The number of ether oxygens (including phenoxy) is 1. The highest BCUT2D eigenvalue weighted by Gasteiger charge is 2.33. The van der Waals surface area contributed by atoms with Crippen molar-refractivity contribution in [2.24, 2.45) is 5.92 Å². The number of rotatable bonds is 10. The van der Waals surface area contributed by atoms with Crippen LogP contribution in [0.5, 0.6) is 6.01 Å². The van der Waals surface area contributed by atoms with E-state index in [2.05, 4.69) is 84.6 Å². The molecule has 9 heteroatoms. The van der Waals surface area contributed by atoms with Crippen LogP contribution in [0.15, 0.2) is 49.1 Å². The number of nitriles is 1. The SMILES string of the molecule is C=CC(=O)N1CCN(c2nc(O[C@@H](C)CN(C)CC3CC3)nc3c2CCN(c2cccc4cccc(C)c24)C3)CC1CC#N. The fourth-order valence-corrected chi connectivity index (χ4v) is 6.88. The number of benzene rings is 2. The van der Waals surface area contributed by atoms with Gasteiger partial charge in [0.2, 0.25) is 5.91 Å². The lowest BCUT2D eigenvalue weighted by Crippen LogP contribution is -2.55. The van der Waals surface area contributed by atoms with Crippen molar-refractivity contribution in [3.05, 3.63) is 65.9 Å². The monoisotopic (exact) mass is 593 g/mol. The topological polar surface area (TPSA) is 88.8 Å². The van der Waals surface area contributed by atoms with Crippen LogP contribution in [0.1, 0.15) is 43.0 Å². The Morgan fingerprint density at radius 3 is 2.73 bits per heavy atom. The van der Waals surface area contributed by atoms with Crippen molar-refractivity contribution in [3.63, 3.8) is 0 Å². The van der Waals surface area contributed by atoms with Gasteiger partial charge < -0.3 is 24.3 Å². The zero-order valence-corrected chi connectivity index (χ0v) is 26.2. The molecule has 1 amide bonds. The molecule has 3 heterocycles. The zero-order chi connectivity index (χ0) is 30.8. The second kappa shape index (κ2) is 12.8. The summed E-state index contributed by atoms with van der Waals surface area (Å²) in [6.45, 7) is 13.0. The highest BCUT2D eigenvalue weighted by atomic mass is 16.5. The molecular formula is C35H43N7O2. The third kappa shape index (κ3) is 6.36. The van der Waals surface area contributed by atoms with Crippen LogP contribution in [-0.4, -0.2) is 84.1 Å². The molecule has 9 nitrogen and oxygen atoms in total. The number of carbonyl (C=O) groups excluding carboxylic acids is 1. The molecule has 1 aromatic heterocycles. The number of carbonyl (C=O) groups is 1. The predicted octanol–water partition coefficient (Wildman–Crippen LogP) is 4.73. The fraction of sp³-hybridized carbons (Fsp3) is 0.486. The summed E-state index contributed by atoms with van der Waals surface area (Å²) in [5, 5.41) is 12.1. The van der Waals surface area contributed by atoms with Crippen LogP contribution in [0.2, 0.25) is 0 Å².